The number of hydrogen-bond acceptors (Lipinski definition) is 3. The summed E-state index contributed by atoms with van der Waals surface area (Å²) in [5.74, 6) is 0.191. The minimum atomic E-state index is -0.00488. The zero-order valence-corrected chi connectivity index (χ0v) is 12.9. The van der Waals surface area contributed by atoms with Gasteiger partial charge in [0.25, 0.3) is 0 Å². The molecule has 1 atom stereocenters. The quantitative estimate of drug-likeness (QED) is 0.660. The number of carbonyl (C=O) groups is 1. The van der Waals surface area contributed by atoms with Gasteiger partial charge in [-0.05, 0) is 45.8 Å². The van der Waals surface area contributed by atoms with Gasteiger partial charge in [-0.15, -0.1) is 0 Å². The Hall–Kier alpha value is -0.610. The zero-order chi connectivity index (χ0) is 14.1. The molecule has 1 fully saturated rings. The maximum Gasteiger partial charge on any atom is 0.237 e. The molecule has 0 radical (unpaired) electrons. The van der Waals surface area contributed by atoms with Crippen molar-refractivity contribution in [1.82, 2.24) is 15.5 Å². The lowest BCUT2D eigenvalue weighted by molar-refractivity contribution is -0.126. The van der Waals surface area contributed by atoms with E-state index in [9.17, 15) is 4.79 Å². The van der Waals surface area contributed by atoms with E-state index in [-0.39, 0.29) is 11.9 Å². The molecule has 0 aromatic rings. The summed E-state index contributed by atoms with van der Waals surface area (Å²) >= 11 is 0. The van der Waals surface area contributed by atoms with E-state index in [1.807, 2.05) is 6.92 Å². The SMILES string of the molecule is CCCCCNC(=O)C(C)N(CC)C1CCNCC1. The minimum Gasteiger partial charge on any atom is -0.355 e. The summed E-state index contributed by atoms with van der Waals surface area (Å²) in [6, 6.07) is 0.553. The Morgan fingerprint density at radius 3 is 2.58 bits per heavy atom. The first kappa shape index (κ1) is 16.4. The fourth-order valence-corrected chi connectivity index (χ4v) is 2.87. The van der Waals surface area contributed by atoms with Crippen LogP contribution >= 0.6 is 0 Å². The molecular formula is C15H31N3O. The van der Waals surface area contributed by atoms with Crippen molar-refractivity contribution in [2.75, 3.05) is 26.2 Å². The Labute approximate surface area is 118 Å². The highest BCUT2D eigenvalue weighted by molar-refractivity contribution is 5.81. The maximum absolute atomic E-state index is 12.2. The summed E-state index contributed by atoms with van der Waals surface area (Å²) in [6.45, 7) is 10.3. The number of rotatable bonds is 8. The van der Waals surface area contributed by atoms with Crippen LogP contribution in [0.2, 0.25) is 0 Å². The number of carbonyl (C=O) groups excluding carboxylic acids is 1. The number of hydrogen-bond donors (Lipinski definition) is 2. The van der Waals surface area contributed by atoms with Crippen molar-refractivity contribution in [1.29, 1.82) is 0 Å². The molecule has 0 aromatic carbocycles. The van der Waals surface area contributed by atoms with Gasteiger partial charge in [-0.3, -0.25) is 9.69 Å². The zero-order valence-electron chi connectivity index (χ0n) is 12.9. The van der Waals surface area contributed by atoms with Crippen molar-refractivity contribution >= 4 is 5.91 Å². The van der Waals surface area contributed by atoms with E-state index >= 15 is 0 Å². The predicted octanol–water partition coefficient (Wildman–Crippen LogP) is 1.76. The van der Waals surface area contributed by atoms with Gasteiger partial charge in [-0.2, -0.15) is 0 Å². The number of likely N-dealkylation sites (N-methyl/N-ethyl adjacent to an activating group) is 1. The van der Waals surface area contributed by atoms with Crippen molar-refractivity contribution < 1.29 is 4.79 Å². The first-order valence-corrected chi connectivity index (χ1v) is 7.94. The van der Waals surface area contributed by atoms with Gasteiger partial charge in [-0.1, -0.05) is 26.7 Å². The van der Waals surface area contributed by atoms with Gasteiger partial charge in [0.1, 0.15) is 0 Å². The molecule has 4 heteroatoms. The van der Waals surface area contributed by atoms with Crippen molar-refractivity contribution in [2.45, 2.75) is 65.0 Å². The number of nitrogens with zero attached hydrogens (tertiary/aromatic N) is 1. The molecule has 112 valence electrons. The van der Waals surface area contributed by atoms with Crippen LogP contribution < -0.4 is 10.6 Å². The molecule has 1 aliphatic rings. The van der Waals surface area contributed by atoms with Crippen LogP contribution in [0.3, 0.4) is 0 Å². The summed E-state index contributed by atoms with van der Waals surface area (Å²) in [5, 5.41) is 6.46. The Morgan fingerprint density at radius 2 is 2.00 bits per heavy atom. The number of nitrogens with one attached hydrogen (secondary N) is 2. The summed E-state index contributed by atoms with van der Waals surface area (Å²) < 4.78 is 0. The Bertz CT molecular complexity index is 252. The van der Waals surface area contributed by atoms with E-state index in [0.717, 1.165) is 45.4 Å². The van der Waals surface area contributed by atoms with Crippen molar-refractivity contribution in [3.8, 4) is 0 Å². The summed E-state index contributed by atoms with van der Waals surface area (Å²) in [6.07, 6.45) is 5.79. The van der Waals surface area contributed by atoms with Gasteiger partial charge in [0, 0.05) is 12.6 Å². The summed E-state index contributed by atoms with van der Waals surface area (Å²) in [7, 11) is 0. The van der Waals surface area contributed by atoms with Gasteiger partial charge in [0.15, 0.2) is 0 Å². The van der Waals surface area contributed by atoms with Crippen LogP contribution in [0, 0.1) is 0 Å². The first-order chi connectivity index (χ1) is 9.20. The highest BCUT2D eigenvalue weighted by Gasteiger charge is 2.27. The van der Waals surface area contributed by atoms with Crippen molar-refractivity contribution in [3.63, 3.8) is 0 Å². The molecule has 4 nitrogen and oxygen atoms in total. The standard InChI is InChI=1S/C15H31N3O/c1-4-6-7-10-17-15(19)13(3)18(5-2)14-8-11-16-12-9-14/h13-14,16H,4-12H2,1-3H3,(H,17,19). The van der Waals surface area contributed by atoms with Crippen LogP contribution in [-0.2, 0) is 4.79 Å². The van der Waals surface area contributed by atoms with Crippen LogP contribution in [0.25, 0.3) is 0 Å². The average Bonchev–Trinajstić information content (AvgIpc) is 2.45. The van der Waals surface area contributed by atoms with Gasteiger partial charge < -0.3 is 10.6 Å². The molecule has 1 rings (SSSR count). The fourth-order valence-electron chi connectivity index (χ4n) is 2.87. The smallest absolute Gasteiger partial charge is 0.237 e. The maximum atomic E-state index is 12.2. The third kappa shape index (κ3) is 5.49. The number of unbranched alkanes of at least 4 members (excludes halogenated alkanes) is 2. The van der Waals surface area contributed by atoms with Gasteiger partial charge in [0.2, 0.25) is 5.91 Å². The molecule has 1 amide bonds. The lowest BCUT2D eigenvalue weighted by atomic mass is 10.0. The van der Waals surface area contributed by atoms with Crippen molar-refractivity contribution in [3.05, 3.63) is 0 Å². The van der Waals surface area contributed by atoms with Gasteiger partial charge >= 0.3 is 0 Å². The summed E-state index contributed by atoms with van der Waals surface area (Å²) in [4.78, 5) is 14.5. The fraction of sp³-hybridized carbons (Fsp3) is 0.933. The molecule has 0 aliphatic carbocycles. The second-order valence-corrected chi connectivity index (χ2v) is 5.49. The van der Waals surface area contributed by atoms with E-state index < -0.39 is 0 Å². The van der Waals surface area contributed by atoms with Crippen LogP contribution in [0.1, 0.15) is 52.9 Å². The molecule has 1 heterocycles. The Kier molecular flexibility index (Phi) is 8.07. The van der Waals surface area contributed by atoms with Gasteiger partial charge in [0.05, 0.1) is 6.04 Å². The molecule has 1 saturated heterocycles. The molecular weight excluding hydrogens is 238 g/mol. The Morgan fingerprint density at radius 1 is 1.32 bits per heavy atom. The Balaban J connectivity index is 2.38. The second-order valence-electron chi connectivity index (χ2n) is 5.49. The van der Waals surface area contributed by atoms with Gasteiger partial charge in [-0.25, -0.2) is 0 Å². The monoisotopic (exact) mass is 269 g/mol. The summed E-state index contributed by atoms with van der Waals surface area (Å²) in [5.41, 5.74) is 0. The van der Waals surface area contributed by atoms with Crippen LogP contribution in [0.5, 0.6) is 0 Å². The third-order valence-electron chi connectivity index (χ3n) is 4.10. The molecule has 0 aromatic heterocycles. The lowest BCUT2D eigenvalue weighted by Crippen LogP contribution is -2.52. The number of piperidine rings is 1. The average molecular weight is 269 g/mol. The molecule has 1 aliphatic heterocycles. The molecule has 0 spiro atoms. The highest BCUT2D eigenvalue weighted by Crippen LogP contribution is 2.15. The van der Waals surface area contributed by atoms with Crippen LogP contribution in [-0.4, -0.2) is 49.1 Å². The number of amides is 1. The molecule has 19 heavy (non-hydrogen) atoms. The normalized spacial score (nSPS) is 18.5. The highest BCUT2D eigenvalue weighted by atomic mass is 16.2. The minimum absolute atomic E-state index is 0.00488. The van der Waals surface area contributed by atoms with E-state index in [4.69, 9.17) is 0 Å². The molecule has 0 saturated carbocycles. The van der Waals surface area contributed by atoms with E-state index in [0.29, 0.717) is 6.04 Å². The van der Waals surface area contributed by atoms with Crippen LogP contribution in [0.15, 0.2) is 0 Å². The van der Waals surface area contributed by atoms with E-state index in [1.54, 1.807) is 0 Å². The molecule has 2 N–H and O–H groups in total. The topological polar surface area (TPSA) is 44.4 Å². The molecule has 0 bridgehead atoms. The van der Waals surface area contributed by atoms with Crippen LogP contribution in [0.4, 0.5) is 0 Å². The van der Waals surface area contributed by atoms with E-state index in [1.165, 1.54) is 12.8 Å². The predicted molar refractivity (Wildman–Crippen MR) is 80.3 cm³/mol. The largest absolute Gasteiger partial charge is 0.355 e. The third-order valence-corrected chi connectivity index (χ3v) is 4.10. The van der Waals surface area contributed by atoms with E-state index in [2.05, 4.69) is 29.4 Å². The first-order valence-electron chi connectivity index (χ1n) is 7.94. The molecule has 1 unspecified atom stereocenters. The lowest BCUT2D eigenvalue weighted by Gasteiger charge is -2.37. The van der Waals surface area contributed by atoms with Crippen molar-refractivity contribution in [2.24, 2.45) is 0 Å². The second kappa shape index (κ2) is 9.32.